The van der Waals surface area contributed by atoms with E-state index in [-0.39, 0.29) is 17.8 Å². The summed E-state index contributed by atoms with van der Waals surface area (Å²) in [5.74, 6) is -0.918. The third-order valence-electron chi connectivity index (χ3n) is 6.13. The second kappa shape index (κ2) is 9.27. The van der Waals surface area contributed by atoms with Crippen molar-refractivity contribution in [2.75, 3.05) is 25.1 Å². The Balaban J connectivity index is 1.59. The van der Waals surface area contributed by atoms with Gasteiger partial charge in [0, 0.05) is 48.1 Å². The molecule has 1 aliphatic rings. The molecule has 1 saturated heterocycles. The molecule has 35 heavy (non-hydrogen) atoms. The summed E-state index contributed by atoms with van der Waals surface area (Å²) in [7, 11) is 1.61. The molecule has 1 aliphatic heterocycles. The molecular formula is C25H26F2N6O2. The predicted octanol–water partition coefficient (Wildman–Crippen LogP) is 4.35. The first-order chi connectivity index (χ1) is 16.8. The van der Waals surface area contributed by atoms with E-state index in [2.05, 4.69) is 10.1 Å². The molecule has 0 aliphatic carbocycles. The molecule has 10 heteroatoms. The second-order valence-electron chi connectivity index (χ2n) is 8.83. The van der Waals surface area contributed by atoms with Crippen molar-refractivity contribution in [1.82, 2.24) is 24.7 Å². The summed E-state index contributed by atoms with van der Waals surface area (Å²) in [6.07, 6.45) is 3.27. The third-order valence-corrected chi connectivity index (χ3v) is 6.13. The van der Waals surface area contributed by atoms with Crippen LogP contribution in [0.3, 0.4) is 0 Å². The van der Waals surface area contributed by atoms with Crippen LogP contribution in [0.5, 0.6) is 0 Å². The van der Waals surface area contributed by atoms with Crippen LogP contribution in [-0.4, -0.2) is 51.0 Å². The van der Waals surface area contributed by atoms with Crippen LogP contribution in [0.2, 0.25) is 0 Å². The summed E-state index contributed by atoms with van der Waals surface area (Å²) in [5, 5.41) is 4.93. The number of ether oxygens (including phenoxy) is 2. The summed E-state index contributed by atoms with van der Waals surface area (Å²) in [6, 6.07) is 5.39. The van der Waals surface area contributed by atoms with Gasteiger partial charge in [-0.25, -0.2) is 23.4 Å². The highest BCUT2D eigenvalue weighted by atomic mass is 19.1. The van der Waals surface area contributed by atoms with Gasteiger partial charge in [-0.1, -0.05) is 0 Å². The van der Waals surface area contributed by atoms with Gasteiger partial charge in [-0.05, 0) is 44.5 Å². The predicted molar refractivity (Wildman–Crippen MR) is 127 cm³/mol. The van der Waals surface area contributed by atoms with E-state index in [1.165, 1.54) is 12.1 Å². The molecule has 1 aromatic carbocycles. The van der Waals surface area contributed by atoms with Crippen molar-refractivity contribution < 1.29 is 18.3 Å². The van der Waals surface area contributed by atoms with E-state index < -0.39 is 11.6 Å². The van der Waals surface area contributed by atoms with Crippen LogP contribution >= 0.6 is 0 Å². The van der Waals surface area contributed by atoms with Crippen LogP contribution < -0.4 is 4.90 Å². The molecule has 0 unspecified atom stereocenters. The largest absolute Gasteiger partial charge is 0.367 e. The minimum Gasteiger partial charge on any atom is -0.367 e. The van der Waals surface area contributed by atoms with Gasteiger partial charge in [-0.2, -0.15) is 10.1 Å². The zero-order valence-corrected chi connectivity index (χ0v) is 20.0. The number of rotatable bonds is 5. The van der Waals surface area contributed by atoms with Gasteiger partial charge in [0.2, 0.25) is 5.95 Å². The van der Waals surface area contributed by atoms with Crippen LogP contribution in [-0.2, 0) is 16.2 Å². The topological polar surface area (TPSA) is 78.2 Å². The maximum Gasteiger partial charge on any atom is 0.228 e. The minimum absolute atomic E-state index is 0.113. The lowest BCUT2D eigenvalue weighted by molar-refractivity contribution is -0.0179. The van der Waals surface area contributed by atoms with E-state index in [1.54, 1.807) is 18.0 Å². The lowest BCUT2D eigenvalue weighted by Gasteiger charge is -2.36. The Morgan fingerprint density at radius 1 is 1.11 bits per heavy atom. The molecule has 4 aromatic rings. The molecule has 4 heterocycles. The van der Waals surface area contributed by atoms with Gasteiger partial charge in [0.05, 0.1) is 24.5 Å². The quantitative estimate of drug-likeness (QED) is 0.420. The van der Waals surface area contributed by atoms with Gasteiger partial charge in [0.1, 0.15) is 24.5 Å². The number of hydrogen-bond donors (Lipinski definition) is 0. The number of benzene rings is 1. The van der Waals surface area contributed by atoms with E-state index in [0.29, 0.717) is 42.5 Å². The summed E-state index contributed by atoms with van der Waals surface area (Å²) in [5.41, 5.74) is 3.71. The first-order valence-electron chi connectivity index (χ1n) is 11.4. The van der Waals surface area contributed by atoms with Gasteiger partial charge in [-0.3, -0.25) is 0 Å². The first kappa shape index (κ1) is 23.3. The molecule has 8 nitrogen and oxygen atoms in total. The Hall–Kier alpha value is -3.50. The Labute approximate surface area is 201 Å². The molecule has 0 bridgehead atoms. The van der Waals surface area contributed by atoms with Crippen LogP contribution in [0.4, 0.5) is 14.7 Å². The number of hydrogen-bond acceptors (Lipinski definition) is 7. The summed E-state index contributed by atoms with van der Waals surface area (Å²) >= 11 is 0. The number of methoxy groups -OCH3 is 1. The zero-order chi connectivity index (χ0) is 24.7. The molecule has 0 spiro atoms. The molecule has 0 amide bonds. The maximum atomic E-state index is 14.9. The standard InChI is InChI=1S/C25H26F2N6O2/c1-14-7-20-23(19-6-5-18(26)8-21(19)27)30-25(31-24(20)29-16(14)3)32-10-15(2)35-22(12-32)17-9-28-33(11-17)13-34-4/h5-9,11,15,22H,10,12-13H2,1-4H3/t15-,22+/m1/s1. The van der Waals surface area contributed by atoms with Crippen molar-refractivity contribution >= 4 is 17.0 Å². The van der Waals surface area contributed by atoms with Gasteiger partial charge in [0.15, 0.2) is 5.65 Å². The van der Waals surface area contributed by atoms with Gasteiger partial charge >= 0.3 is 0 Å². The highest BCUT2D eigenvalue weighted by Crippen LogP contribution is 2.33. The van der Waals surface area contributed by atoms with Gasteiger partial charge in [-0.15, -0.1) is 0 Å². The number of halogens is 2. The molecule has 5 rings (SSSR count). The molecule has 0 N–H and O–H groups in total. The highest BCUT2D eigenvalue weighted by Gasteiger charge is 2.30. The number of nitrogens with zero attached hydrogens (tertiary/aromatic N) is 6. The monoisotopic (exact) mass is 480 g/mol. The molecule has 0 saturated carbocycles. The first-order valence-corrected chi connectivity index (χ1v) is 11.4. The van der Waals surface area contributed by atoms with Crippen molar-refractivity contribution in [2.45, 2.75) is 39.7 Å². The SMILES string of the molecule is COCn1cc([C@@H]2CN(c3nc(-c4ccc(F)cc4F)c4cc(C)c(C)nc4n3)C[C@@H](C)O2)cn1. The van der Waals surface area contributed by atoms with Crippen molar-refractivity contribution in [3.63, 3.8) is 0 Å². The molecule has 2 atom stereocenters. The van der Waals surface area contributed by atoms with Crippen LogP contribution in [0.25, 0.3) is 22.3 Å². The van der Waals surface area contributed by atoms with Crippen molar-refractivity contribution in [2.24, 2.45) is 0 Å². The van der Waals surface area contributed by atoms with E-state index in [1.807, 2.05) is 37.9 Å². The molecule has 182 valence electrons. The molecule has 3 aromatic heterocycles. The van der Waals surface area contributed by atoms with E-state index >= 15 is 0 Å². The van der Waals surface area contributed by atoms with Crippen LogP contribution in [0, 0.1) is 25.5 Å². The number of aromatic nitrogens is 5. The summed E-state index contributed by atoms with van der Waals surface area (Å²) in [4.78, 5) is 16.2. The van der Waals surface area contributed by atoms with Crippen molar-refractivity contribution in [1.29, 1.82) is 0 Å². The molecule has 0 radical (unpaired) electrons. The normalized spacial score (nSPS) is 18.4. The highest BCUT2D eigenvalue weighted by molar-refractivity contribution is 5.92. The second-order valence-corrected chi connectivity index (χ2v) is 8.83. The number of fused-ring (bicyclic) bond motifs is 1. The number of pyridine rings is 1. The Morgan fingerprint density at radius 2 is 1.94 bits per heavy atom. The van der Waals surface area contributed by atoms with Gasteiger partial charge in [0.25, 0.3) is 0 Å². The summed E-state index contributed by atoms with van der Waals surface area (Å²) < 4.78 is 41.5. The molecule has 1 fully saturated rings. The average molecular weight is 481 g/mol. The van der Waals surface area contributed by atoms with E-state index in [9.17, 15) is 8.78 Å². The van der Waals surface area contributed by atoms with E-state index in [4.69, 9.17) is 19.4 Å². The average Bonchev–Trinajstić information content (AvgIpc) is 3.28. The fourth-order valence-corrected chi connectivity index (χ4v) is 4.31. The smallest absolute Gasteiger partial charge is 0.228 e. The fourth-order valence-electron chi connectivity index (χ4n) is 4.31. The number of aryl methyl sites for hydroxylation is 2. The maximum absolute atomic E-state index is 14.9. The lowest BCUT2D eigenvalue weighted by atomic mass is 10.1. The van der Waals surface area contributed by atoms with Crippen molar-refractivity contribution in [3.05, 3.63) is 65.1 Å². The minimum atomic E-state index is -0.687. The Morgan fingerprint density at radius 3 is 2.71 bits per heavy atom. The molecular weight excluding hydrogens is 454 g/mol. The fraction of sp³-hybridized carbons (Fsp3) is 0.360. The Kier molecular flexibility index (Phi) is 6.16. The van der Waals surface area contributed by atoms with Gasteiger partial charge < -0.3 is 14.4 Å². The Bertz CT molecular complexity index is 1390. The van der Waals surface area contributed by atoms with Crippen molar-refractivity contribution in [3.8, 4) is 11.3 Å². The van der Waals surface area contributed by atoms with Crippen LogP contribution in [0.15, 0.2) is 36.7 Å². The van der Waals surface area contributed by atoms with Crippen LogP contribution in [0.1, 0.15) is 29.8 Å². The van der Waals surface area contributed by atoms with E-state index in [0.717, 1.165) is 22.9 Å². The zero-order valence-electron chi connectivity index (χ0n) is 20.0. The number of morpholine rings is 1. The number of anilines is 1. The lowest BCUT2D eigenvalue weighted by Crippen LogP contribution is -2.43. The third kappa shape index (κ3) is 4.59. The summed E-state index contributed by atoms with van der Waals surface area (Å²) in [6.45, 7) is 7.18.